The van der Waals surface area contributed by atoms with Crippen molar-refractivity contribution < 1.29 is 4.39 Å². The van der Waals surface area contributed by atoms with Gasteiger partial charge in [-0.3, -0.25) is 9.29 Å². The lowest BCUT2D eigenvalue weighted by molar-refractivity contribution is 0.0727. The number of rotatable bonds is 3. The first-order valence-electron chi connectivity index (χ1n) is 5.66. The second kappa shape index (κ2) is 4.38. The van der Waals surface area contributed by atoms with Gasteiger partial charge in [0.1, 0.15) is 5.65 Å². The van der Waals surface area contributed by atoms with E-state index < -0.39 is 0 Å². The number of halogens is 2. The Labute approximate surface area is 107 Å². The number of alkyl halides is 1. The first-order valence-corrected chi connectivity index (χ1v) is 6.45. The summed E-state index contributed by atoms with van der Waals surface area (Å²) in [5.41, 5.74) is 1.98. The molecule has 5 heteroatoms. The van der Waals surface area contributed by atoms with Gasteiger partial charge in [0, 0.05) is 42.4 Å². The van der Waals surface area contributed by atoms with Crippen LogP contribution in [0, 0.1) is 5.92 Å². The maximum atomic E-state index is 12.3. The molecule has 2 aromatic rings. The second-order valence-electron chi connectivity index (χ2n) is 4.56. The Morgan fingerprint density at radius 1 is 1.47 bits per heavy atom. The number of hydrogen-bond donors (Lipinski definition) is 0. The summed E-state index contributed by atoms with van der Waals surface area (Å²) in [5.74, 6) is 0.237. The molecule has 0 radical (unpaired) electrons. The average molecular weight is 298 g/mol. The molecule has 90 valence electrons. The highest BCUT2D eigenvalue weighted by Gasteiger charge is 2.26. The smallest absolute Gasteiger partial charge is 0.138 e. The van der Waals surface area contributed by atoms with Crippen molar-refractivity contribution in [3.8, 4) is 0 Å². The summed E-state index contributed by atoms with van der Waals surface area (Å²) in [7, 11) is 0. The highest BCUT2D eigenvalue weighted by Crippen LogP contribution is 2.19. The fourth-order valence-corrected chi connectivity index (χ4v) is 2.54. The number of imidazole rings is 1. The van der Waals surface area contributed by atoms with E-state index in [1.54, 1.807) is 0 Å². The van der Waals surface area contributed by atoms with Crippen LogP contribution in [0.4, 0.5) is 4.39 Å². The van der Waals surface area contributed by atoms with Gasteiger partial charge in [-0.05, 0) is 12.1 Å². The molecule has 0 N–H and O–H groups in total. The van der Waals surface area contributed by atoms with E-state index in [0.717, 1.165) is 35.4 Å². The van der Waals surface area contributed by atoms with E-state index in [-0.39, 0.29) is 12.6 Å². The van der Waals surface area contributed by atoms with Crippen molar-refractivity contribution in [3.05, 3.63) is 34.7 Å². The SMILES string of the molecule is FCC1CN(Cc2cn3ccc(Br)cc3n2)C1. The minimum Gasteiger partial charge on any atom is -0.307 e. The van der Waals surface area contributed by atoms with Gasteiger partial charge in [-0.1, -0.05) is 15.9 Å². The van der Waals surface area contributed by atoms with Crippen LogP contribution >= 0.6 is 15.9 Å². The summed E-state index contributed by atoms with van der Waals surface area (Å²) < 4.78 is 15.3. The quantitative estimate of drug-likeness (QED) is 0.868. The summed E-state index contributed by atoms with van der Waals surface area (Å²) in [5, 5.41) is 0. The van der Waals surface area contributed by atoms with Gasteiger partial charge in [0.2, 0.25) is 0 Å². The molecule has 0 unspecified atom stereocenters. The predicted octanol–water partition coefficient (Wildman–Crippen LogP) is 2.50. The normalized spacial score (nSPS) is 17.5. The Morgan fingerprint density at radius 3 is 3.06 bits per heavy atom. The molecule has 1 aliphatic heterocycles. The van der Waals surface area contributed by atoms with Crippen LogP contribution in [-0.2, 0) is 6.54 Å². The zero-order chi connectivity index (χ0) is 11.8. The average Bonchev–Trinajstić information content (AvgIpc) is 2.64. The Morgan fingerprint density at radius 2 is 2.29 bits per heavy atom. The lowest BCUT2D eigenvalue weighted by Crippen LogP contribution is -2.46. The van der Waals surface area contributed by atoms with E-state index in [2.05, 4.69) is 25.8 Å². The van der Waals surface area contributed by atoms with Crippen LogP contribution in [0.5, 0.6) is 0 Å². The summed E-state index contributed by atoms with van der Waals surface area (Å²) in [6, 6.07) is 3.98. The van der Waals surface area contributed by atoms with Crippen LogP contribution in [0.2, 0.25) is 0 Å². The molecule has 3 nitrogen and oxygen atoms in total. The van der Waals surface area contributed by atoms with E-state index in [4.69, 9.17) is 0 Å². The molecule has 0 atom stereocenters. The monoisotopic (exact) mass is 297 g/mol. The number of likely N-dealkylation sites (tertiary alicyclic amines) is 1. The van der Waals surface area contributed by atoms with Crippen LogP contribution in [0.25, 0.3) is 5.65 Å². The van der Waals surface area contributed by atoms with Crippen molar-refractivity contribution in [3.63, 3.8) is 0 Å². The third-order valence-electron chi connectivity index (χ3n) is 3.11. The molecule has 1 aliphatic rings. The minimum atomic E-state index is -0.200. The molecule has 0 amide bonds. The lowest BCUT2D eigenvalue weighted by atomic mass is 10.0. The maximum absolute atomic E-state index is 12.3. The third-order valence-corrected chi connectivity index (χ3v) is 3.60. The molecule has 3 heterocycles. The minimum absolute atomic E-state index is 0.200. The highest BCUT2D eigenvalue weighted by molar-refractivity contribution is 9.10. The zero-order valence-electron chi connectivity index (χ0n) is 9.31. The molecule has 0 aliphatic carbocycles. The number of aromatic nitrogens is 2. The third kappa shape index (κ3) is 2.21. The van der Waals surface area contributed by atoms with Crippen molar-refractivity contribution in [2.75, 3.05) is 19.8 Å². The predicted molar refractivity (Wildman–Crippen MR) is 67.6 cm³/mol. The Hall–Kier alpha value is -0.940. The topological polar surface area (TPSA) is 20.5 Å². The molecule has 0 spiro atoms. The largest absolute Gasteiger partial charge is 0.307 e. The van der Waals surface area contributed by atoms with Crippen LogP contribution in [0.1, 0.15) is 5.69 Å². The molecule has 0 bridgehead atoms. The summed E-state index contributed by atoms with van der Waals surface area (Å²) in [6.07, 6.45) is 4.01. The molecule has 2 aromatic heterocycles. The van der Waals surface area contributed by atoms with E-state index in [0.29, 0.717) is 0 Å². The fraction of sp³-hybridized carbons (Fsp3) is 0.417. The summed E-state index contributed by atoms with van der Waals surface area (Å²) in [4.78, 5) is 6.77. The van der Waals surface area contributed by atoms with Gasteiger partial charge < -0.3 is 4.40 Å². The van der Waals surface area contributed by atoms with Crippen LogP contribution in [0.3, 0.4) is 0 Å². The standard InChI is InChI=1S/C12H13BrFN3/c13-10-1-2-17-8-11(15-12(17)3-10)7-16-5-9(4-14)6-16/h1-3,8-9H,4-7H2. The van der Waals surface area contributed by atoms with E-state index in [1.807, 2.05) is 28.9 Å². The van der Waals surface area contributed by atoms with Gasteiger partial charge in [0.25, 0.3) is 0 Å². The number of nitrogens with zero attached hydrogens (tertiary/aromatic N) is 3. The molecule has 17 heavy (non-hydrogen) atoms. The first kappa shape index (κ1) is 11.2. The second-order valence-corrected chi connectivity index (χ2v) is 5.47. The number of fused-ring (bicyclic) bond motifs is 1. The van der Waals surface area contributed by atoms with Crippen LogP contribution in [-0.4, -0.2) is 34.0 Å². The Kier molecular flexibility index (Phi) is 2.88. The lowest BCUT2D eigenvalue weighted by Gasteiger charge is -2.37. The molecule has 0 saturated carbocycles. The van der Waals surface area contributed by atoms with E-state index in [9.17, 15) is 4.39 Å². The Bertz CT molecular complexity index is 534. The molecular weight excluding hydrogens is 285 g/mol. The summed E-state index contributed by atoms with van der Waals surface area (Å²) >= 11 is 3.43. The fourth-order valence-electron chi connectivity index (χ4n) is 2.22. The van der Waals surface area contributed by atoms with E-state index >= 15 is 0 Å². The Balaban J connectivity index is 1.73. The zero-order valence-corrected chi connectivity index (χ0v) is 10.9. The van der Waals surface area contributed by atoms with Gasteiger partial charge in [-0.25, -0.2) is 4.98 Å². The van der Waals surface area contributed by atoms with Gasteiger partial charge in [-0.15, -0.1) is 0 Å². The van der Waals surface area contributed by atoms with Gasteiger partial charge >= 0.3 is 0 Å². The molecular formula is C12H13BrFN3. The van der Waals surface area contributed by atoms with Crippen LogP contribution < -0.4 is 0 Å². The van der Waals surface area contributed by atoms with Gasteiger partial charge in [-0.2, -0.15) is 0 Å². The first-order chi connectivity index (χ1) is 8.24. The highest BCUT2D eigenvalue weighted by atomic mass is 79.9. The summed E-state index contributed by atoms with van der Waals surface area (Å²) in [6.45, 7) is 2.33. The number of pyridine rings is 1. The number of hydrogen-bond acceptors (Lipinski definition) is 2. The van der Waals surface area contributed by atoms with Crippen molar-refractivity contribution in [1.29, 1.82) is 0 Å². The van der Waals surface area contributed by atoms with Crippen molar-refractivity contribution in [2.24, 2.45) is 5.92 Å². The van der Waals surface area contributed by atoms with Gasteiger partial charge in [0.15, 0.2) is 0 Å². The van der Waals surface area contributed by atoms with Crippen molar-refractivity contribution in [1.82, 2.24) is 14.3 Å². The van der Waals surface area contributed by atoms with Crippen molar-refractivity contribution >= 4 is 21.6 Å². The molecule has 1 fully saturated rings. The van der Waals surface area contributed by atoms with E-state index in [1.165, 1.54) is 0 Å². The van der Waals surface area contributed by atoms with Crippen molar-refractivity contribution in [2.45, 2.75) is 6.54 Å². The van der Waals surface area contributed by atoms with Gasteiger partial charge in [0.05, 0.1) is 12.4 Å². The molecule has 1 saturated heterocycles. The molecule has 0 aromatic carbocycles. The molecule has 3 rings (SSSR count). The maximum Gasteiger partial charge on any atom is 0.138 e. The van der Waals surface area contributed by atoms with Crippen LogP contribution in [0.15, 0.2) is 29.0 Å².